The molecule has 1 aromatic carbocycles. The van der Waals surface area contributed by atoms with Gasteiger partial charge in [-0.3, -0.25) is 9.59 Å². The molecular formula is C24H36ClN3O3. The van der Waals surface area contributed by atoms with E-state index in [1.54, 1.807) is 12.1 Å². The highest BCUT2D eigenvalue weighted by atomic mass is 35.5. The molecule has 7 heteroatoms. The minimum absolute atomic E-state index is 0.134. The lowest BCUT2D eigenvalue weighted by molar-refractivity contribution is -0.147. The second-order valence-electron chi connectivity index (χ2n) is 10.2. The van der Waals surface area contributed by atoms with Crippen LogP contribution in [0.3, 0.4) is 0 Å². The van der Waals surface area contributed by atoms with Gasteiger partial charge >= 0.3 is 0 Å². The van der Waals surface area contributed by atoms with Gasteiger partial charge in [0, 0.05) is 61.5 Å². The van der Waals surface area contributed by atoms with Crippen LogP contribution in [0.5, 0.6) is 5.75 Å². The highest BCUT2D eigenvalue weighted by molar-refractivity contribution is 6.30. The van der Waals surface area contributed by atoms with Crippen LogP contribution in [0.2, 0.25) is 5.02 Å². The van der Waals surface area contributed by atoms with E-state index in [2.05, 4.69) is 11.9 Å². The van der Waals surface area contributed by atoms with Crippen LogP contribution in [0.4, 0.5) is 0 Å². The van der Waals surface area contributed by atoms with Gasteiger partial charge in [0.05, 0.1) is 6.61 Å². The summed E-state index contributed by atoms with van der Waals surface area (Å²) in [6.07, 6.45) is 2.15. The summed E-state index contributed by atoms with van der Waals surface area (Å²) >= 11 is 6.00. The number of piperazine rings is 1. The molecule has 1 aromatic rings. The Morgan fingerprint density at radius 3 is 2.29 bits per heavy atom. The van der Waals surface area contributed by atoms with Gasteiger partial charge in [-0.1, -0.05) is 32.4 Å². The van der Waals surface area contributed by atoms with Crippen molar-refractivity contribution < 1.29 is 14.3 Å². The zero-order valence-electron chi connectivity index (χ0n) is 19.3. The van der Waals surface area contributed by atoms with Crippen molar-refractivity contribution in [1.29, 1.82) is 0 Å². The zero-order chi connectivity index (χ0) is 22.6. The van der Waals surface area contributed by atoms with Gasteiger partial charge in [0.2, 0.25) is 11.8 Å². The Morgan fingerprint density at radius 1 is 1.03 bits per heavy atom. The number of carbonyl (C=O) groups is 2. The minimum Gasteiger partial charge on any atom is -0.493 e. The van der Waals surface area contributed by atoms with Crippen LogP contribution in [0.25, 0.3) is 0 Å². The Hall–Kier alpha value is -1.79. The molecule has 0 bridgehead atoms. The molecule has 2 saturated heterocycles. The summed E-state index contributed by atoms with van der Waals surface area (Å²) in [5.74, 6) is 1.03. The van der Waals surface area contributed by atoms with Crippen molar-refractivity contribution in [3.63, 3.8) is 0 Å². The summed E-state index contributed by atoms with van der Waals surface area (Å²) in [4.78, 5) is 32.4. The molecule has 2 heterocycles. The highest BCUT2D eigenvalue weighted by Gasteiger charge is 2.42. The Morgan fingerprint density at radius 2 is 1.68 bits per heavy atom. The van der Waals surface area contributed by atoms with Crippen LogP contribution in [0.15, 0.2) is 24.3 Å². The Bertz CT molecular complexity index is 769. The van der Waals surface area contributed by atoms with E-state index in [4.69, 9.17) is 16.3 Å². The molecule has 2 fully saturated rings. The van der Waals surface area contributed by atoms with Crippen LogP contribution in [0.1, 0.15) is 40.0 Å². The summed E-state index contributed by atoms with van der Waals surface area (Å²) in [5, 5.41) is 0.659. The summed E-state index contributed by atoms with van der Waals surface area (Å²) in [5.41, 5.74) is -0.833. The topological polar surface area (TPSA) is 53.1 Å². The molecule has 172 valence electrons. The smallest absolute Gasteiger partial charge is 0.227 e. The number of hydrogen-bond acceptors (Lipinski definition) is 4. The van der Waals surface area contributed by atoms with Crippen molar-refractivity contribution in [2.24, 2.45) is 10.8 Å². The van der Waals surface area contributed by atoms with E-state index >= 15 is 0 Å². The number of likely N-dealkylation sites (tertiary alicyclic amines) is 1. The monoisotopic (exact) mass is 449 g/mol. The van der Waals surface area contributed by atoms with E-state index in [0.717, 1.165) is 51.3 Å². The lowest BCUT2D eigenvalue weighted by Crippen LogP contribution is -2.54. The van der Waals surface area contributed by atoms with Crippen LogP contribution < -0.4 is 4.74 Å². The van der Waals surface area contributed by atoms with Gasteiger partial charge in [-0.05, 0) is 44.2 Å². The SMILES string of the molecule is CN1CCN(C(=O)C[C@]2(COc3ccc(Cl)cc3)CCCN(C(=O)C(C)(C)C)C2)CC1. The molecule has 0 aromatic heterocycles. The van der Waals surface area contributed by atoms with E-state index in [1.165, 1.54) is 0 Å². The average Bonchev–Trinajstić information content (AvgIpc) is 2.73. The number of nitrogens with zero attached hydrogens (tertiary/aromatic N) is 3. The molecule has 1 atom stereocenters. The normalized spacial score (nSPS) is 23.0. The van der Waals surface area contributed by atoms with Crippen LogP contribution in [-0.4, -0.2) is 79.4 Å². The first-order valence-corrected chi connectivity index (χ1v) is 11.6. The molecule has 3 rings (SSSR count). The molecule has 0 saturated carbocycles. The third-order valence-corrected chi connectivity index (χ3v) is 6.58. The average molecular weight is 450 g/mol. The first-order chi connectivity index (χ1) is 14.6. The molecule has 2 aliphatic rings. The van der Waals surface area contributed by atoms with Crippen molar-refractivity contribution in [2.45, 2.75) is 40.0 Å². The Balaban J connectivity index is 1.76. The first-order valence-electron chi connectivity index (χ1n) is 11.2. The van der Waals surface area contributed by atoms with Gasteiger partial charge in [-0.25, -0.2) is 0 Å². The van der Waals surface area contributed by atoms with Gasteiger partial charge < -0.3 is 19.4 Å². The number of halogens is 1. The number of likely N-dealkylation sites (N-methyl/N-ethyl adjacent to an activating group) is 1. The quantitative estimate of drug-likeness (QED) is 0.690. The lowest BCUT2D eigenvalue weighted by Gasteiger charge is -2.45. The summed E-state index contributed by atoms with van der Waals surface area (Å²) < 4.78 is 6.15. The third kappa shape index (κ3) is 6.36. The van der Waals surface area contributed by atoms with Crippen LogP contribution in [0, 0.1) is 10.8 Å². The third-order valence-electron chi connectivity index (χ3n) is 6.33. The number of rotatable bonds is 5. The molecular weight excluding hydrogens is 414 g/mol. The molecule has 2 amide bonds. The van der Waals surface area contributed by atoms with Crippen molar-refractivity contribution >= 4 is 23.4 Å². The second-order valence-corrected chi connectivity index (χ2v) is 10.6. The maximum Gasteiger partial charge on any atom is 0.227 e. The standard InChI is InChI=1S/C24H36ClN3O3/c1-23(2,3)22(30)28-11-5-10-24(17-28,18-31-20-8-6-19(25)7-9-20)16-21(29)27-14-12-26(4)13-15-27/h6-9H,5,10-18H2,1-4H3/t24-/m1/s1. The van der Waals surface area contributed by atoms with E-state index in [1.807, 2.05) is 42.7 Å². The first kappa shape index (κ1) is 23.9. The number of ether oxygens (including phenoxy) is 1. The van der Waals surface area contributed by atoms with Crippen LogP contribution in [-0.2, 0) is 9.59 Å². The molecule has 0 radical (unpaired) electrons. The maximum absolute atomic E-state index is 13.2. The number of benzene rings is 1. The van der Waals surface area contributed by atoms with Crippen LogP contribution >= 0.6 is 11.6 Å². The van der Waals surface area contributed by atoms with Crippen molar-refractivity contribution in [1.82, 2.24) is 14.7 Å². The van der Waals surface area contributed by atoms with Gasteiger partial charge in [0.15, 0.2) is 0 Å². The molecule has 0 spiro atoms. The fourth-order valence-corrected chi connectivity index (χ4v) is 4.55. The van der Waals surface area contributed by atoms with Crippen molar-refractivity contribution in [2.75, 3.05) is 52.9 Å². The van der Waals surface area contributed by atoms with Gasteiger partial charge in [-0.15, -0.1) is 0 Å². The number of piperidine rings is 1. The minimum atomic E-state index is -0.443. The van der Waals surface area contributed by atoms with Crippen molar-refractivity contribution in [3.8, 4) is 5.75 Å². The molecule has 0 N–H and O–H groups in total. The number of amides is 2. The summed E-state index contributed by atoms with van der Waals surface area (Å²) in [6.45, 7) is 10.9. The maximum atomic E-state index is 13.2. The predicted molar refractivity (Wildman–Crippen MR) is 123 cm³/mol. The lowest BCUT2D eigenvalue weighted by atomic mass is 9.76. The summed E-state index contributed by atoms with van der Waals surface area (Å²) in [6, 6.07) is 7.29. The zero-order valence-corrected chi connectivity index (χ0v) is 20.1. The van der Waals surface area contributed by atoms with Gasteiger partial charge in [0.25, 0.3) is 0 Å². The van der Waals surface area contributed by atoms with Gasteiger partial charge in [-0.2, -0.15) is 0 Å². The number of hydrogen-bond donors (Lipinski definition) is 0. The number of carbonyl (C=O) groups excluding carboxylic acids is 2. The molecule has 0 unspecified atom stereocenters. The molecule has 31 heavy (non-hydrogen) atoms. The predicted octanol–water partition coefficient (Wildman–Crippen LogP) is 3.54. The summed E-state index contributed by atoms with van der Waals surface area (Å²) in [7, 11) is 2.08. The Labute approximate surface area is 191 Å². The largest absolute Gasteiger partial charge is 0.493 e. The van der Waals surface area contributed by atoms with E-state index in [9.17, 15) is 9.59 Å². The van der Waals surface area contributed by atoms with E-state index < -0.39 is 5.41 Å². The second kappa shape index (κ2) is 9.78. The van der Waals surface area contributed by atoms with E-state index in [0.29, 0.717) is 24.6 Å². The van der Waals surface area contributed by atoms with Crippen molar-refractivity contribution in [3.05, 3.63) is 29.3 Å². The Kier molecular flexibility index (Phi) is 7.53. The van der Waals surface area contributed by atoms with Gasteiger partial charge in [0.1, 0.15) is 5.75 Å². The fourth-order valence-electron chi connectivity index (χ4n) is 4.42. The molecule has 0 aliphatic carbocycles. The molecule has 6 nitrogen and oxygen atoms in total. The highest BCUT2D eigenvalue weighted by Crippen LogP contribution is 2.37. The fraction of sp³-hybridized carbons (Fsp3) is 0.667. The van der Waals surface area contributed by atoms with E-state index in [-0.39, 0.29) is 17.2 Å². The molecule has 2 aliphatic heterocycles.